The summed E-state index contributed by atoms with van der Waals surface area (Å²) in [6, 6.07) is 13.4. The zero-order chi connectivity index (χ0) is 17.4. The summed E-state index contributed by atoms with van der Waals surface area (Å²) in [5.41, 5.74) is 6.52. The first-order valence-corrected chi connectivity index (χ1v) is 9.39. The molecule has 4 rings (SSSR count). The van der Waals surface area contributed by atoms with Gasteiger partial charge < -0.3 is 14.8 Å². The van der Waals surface area contributed by atoms with Gasteiger partial charge in [0, 0.05) is 23.8 Å². The predicted molar refractivity (Wildman–Crippen MR) is 101 cm³/mol. The summed E-state index contributed by atoms with van der Waals surface area (Å²) in [7, 11) is 0. The van der Waals surface area contributed by atoms with Crippen molar-refractivity contribution in [3.8, 4) is 5.75 Å². The van der Waals surface area contributed by atoms with Gasteiger partial charge in [0.2, 0.25) is 0 Å². The Morgan fingerprint density at radius 2 is 1.96 bits per heavy atom. The Hall–Kier alpha value is -2.00. The molecular formula is C22H27NO2. The molecule has 3 heteroatoms. The van der Waals surface area contributed by atoms with Crippen molar-refractivity contribution in [2.75, 3.05) is 18.5 Å². The van der Waals surface area contributed by atoms with Crippen molar-refractivity contribution in [3.63, 3.8) is 0 Å². The molecule has 0 saturated carbocycles. The monoisotopic (exact) mass is 337 g/mol. The average molecular weight is 337 g/mol. The van der Waals surface area contributed by atoms with E-state index < -0.39 is 0 Å². The second-order valence-electron chi connectivity index (χ2n) is 7.27. The summed E-state index contributed by atoms with van der Waals surface area (Å²) in [6.07, 6.45) is 2.53. The van der Waals surface area contributed by atoms with Crippen LogP contribution in [0.3, 0.4) is 0 Å². The van der Waals surface area contributed by atoms with Crippen molar-refractivity contribution >= 4 is 5.69 Å². The normalized spacial score (nSPS) is 24.8. The van der Waals surface area contributed by atoms with Crippen molar-refractivity contribution < 1.29 is 9.47 Å². The van der Waals surface area contributed by atoms with Crippen LogP contribution in [0, 0.1) is 19.8 Å². The predicted octanol–water partition coefficient (Wildman–Crippen LogP) is 5.34. The molecule has 1 saturated heterocycles. The second kappa shape index (κ2) is 6.72. The van der Waals surface area contributed by atoms with Crippen LogP contribution in [0.1, 0.15) is 54.2 Å². The van der Waals surface area contributed by atoms with Crippen LogP contribution in [0.15, 0.2) is 36.4 Å². The van der Waals surface area contributed by atoms with Crippen LogP contribution in [0.5, 0.6) is 5.75 Å². The minimum absolute atomic E-state index is 0.195. The lowest BCUT2D eigenvalue weighted by atomic mass is 9.76. The van der Waals surface area contributed by atoms with Crippen LogP contribution in [0.2, 0.25) is 0 Å². The third-order valence-electron chi connectivity index (χ3n) is 5.46. The first-order valence-electron chi connectivity index (χ1n) is 9.39. The molecule has 3 atom stereocenters. The quantitative estimate of drug-likeness (QED) is 0.820. The Morgan fingerprint density at radius 1 is 1.16 bits per heavy atom. The summed E-state index contributed by atoms with van der Waals surface area (Å²) in [5.74, 6) is 1.41. The van der Waals surface area contributed by atoms with Gasteiger partial charge >= 0.3 is 0 Å². The molecular weight excluding hydrogens is 310 g/mol. The fourth-order valence-electron chi connectivity index (χ4n) is 4.42. The Morgan fingerprint density at radius 3 is 2.72 bits per heavy atom. The van der Waals surface area contributed by atoms with E-state index in [1.165, 1.54) is 34.4 Å². The number of fused-ring (bicyclic) bond motifs is 3. The average Bonchev–Trinajstić information content (AvgIpc) is 2.62. The van der Waals surface area contributed by atoms with Gasteiger partial charge in [-0.3, -0.25) is 0 Å². The lowest BCUT2D eigenvalue weighted by molar-refractivity contribution is -0.0382. The number of ether oxygens (including phenoxy) is 2. The molecule has 0 unspecified atom stereocenters. The minimum atomic E-state index is 0.195. The van der Waals surface area contributed by atoms with E-state index >= 15 is 0 Å². The number of rotatable bonds is 3. The zero-order valence-electron chi connectivity index (χ0n) is 15.3. The molecule has 25 heavy (non-hydrogen) atoms. The van der Waals surface area contributed by atoms with Gasteiger partial charge in [0.05, 0.1) is 18.8 Å². The van der Waals surface area contributed by atoms with E-state index in [1.807, 2.05) is 6.92 Å². The van der Waals surface area contributed by atoms with Crippen LogP contribution in [-0.2, 0) is 4.74 Å². The fraction of sp³-hybridized carbons (Fsp3) is 0.455. The topological polar surface area (TPSA) is 30.5 Å². The van der Waals surface area contributed by atoms with E-state index in [4.69, 9.17) is 9.47 Å². The molecule has 3 nitrogen and oxygen atoms in total. The molecule has 1 fully saturated rings. The number of hydrogen-bond donors (Lipinski definition) is 1. The number of hydrogen-bond acceptors (Lipinski definition) is 3. The van der Waals surface area contributed by atoms with E-state index in [0.29, 0.717) is 12.5 Å². The van der Waals surface area contributed by atoms with Gasteiger partial charge in [0.15, 0.2) is 0 Å². The van der Waals surface area contributed by atoms with Crippen LogP contribution in [0.4, 0.5) is 5.69 Å². The molecule has 2 aromatic rings. The molecule has 2 aromatic carbocycles. The maximum Gasteiger partial charge on any atom is 0.119 e. The van der Waals surface area contributed by atoms with Crippen molar-refractivity contribution in [2.45, 2.75) is 45.8 Å². The van der Waals surface area contributed by atoms with Crippen LogP contribution in [-0.4, -0.2) is 13.2 Å². The minimum Gasteiger partial charge on any atom is -0.494 e. The Labute approximate surface area is 150 Å². The van der Waals surface area contributed by atoms with Gasteiger partial charge in [-0.1, -0.05) is 29.8 Å². The molecule has 2 heterocycles. The van der Waals surface area contributed by atoms with E-state index in [-0.39, 0.29) is 12.1 Å². The van der Waals surface area contributed by atoms with E-state index in [1.54, 1.807) is 0 Å². The van der Waals surface area contributed by atoms with Crippen LogP contribution in [0.25, 0.3) is 0 Å². The molecule has 0 amide bonds. The number of nitrogens with one attached hydrogen (secondary N) is 1. The third kappa shape index (κ3) is 3.02. The smallest absolute Gasteiger partial charge is 0.119 e. The maximum atomic E-state index is 6.27. The van der Waals surface area contributed by atoms with Gasteiger partial charge in [-0.15, -0.1) is 0 Å². The zero-order valence-corrected chi connectivity index (χ0v) is 15.3. The van der Waals surface area contributed by atoms with Crippen LogP contribution < -0.4 is 10.1 Å². The van der Waals surface area contributed by atoms with Crippen molar-refractivity contribution in [1.29, 1.82) is 0 Å². The lowest BCUT2D eigenvalue weighted by Gasteiger charge is -2.44. The molecule has 2 aliphatic rings. The van der Waals surface area contributed by atoms with Crippen molar-refractivity contribution in [2.24, 2.45) is 5.92 Å². The van der Waals surface area contributed by atoms with E-state index in [9.17, 15) is 0 Å². The SMILES string of the molecule is CCOc1ccc([C@H]2Nc3c(C)cc(C)cc3[C@H]3OCCC[C@@H]23)cc1. The molecule has 0 spiro atoms. The Bertz CT molecular complexity index is 753. The van der Waals surface area contributed by atoms with Crippen molar-refractivity contribution in [3.05, 3.63) is 58.7 Å². The third-order valence-corrected chi connectivity index (χ3v) is 5.46. The number of benzene rings is 2. The molecule has 0 bridgehead atoms. The van der Waals surface area contributed by atoms with Crippen LogP contribution >= 0.6 is 0 Å². The number of aryl methyl sites for hydroxylation is 2. The van der Waals surface area contributed by atoms with Crippen molar-refractivity contribution in [1.82, 2.24) is 0 Å². The largest absolute Gasteiger partial charge is 0.494 e. The van der Waals surface area contributed by atoms with E-state index in [2.05, 4.69) is 55.6 Å². The molecule has 0 radical (unpaired) electrons. The van der Waals surface area contributed by atoms with Gasteiger partial charge in [-0.25, -0.2) is 0 Å². The highest BCUT2D eigenvalue weighted by atomic mass is 16.5. The van der Waals surface area contributed by atoms with Gasteiger partial charge in [0.25, 0.3) is 0 Å². The summed E-state index contributed by atoms with van der Waals surface area (Å²) < 4.78 is 11.9. The van der Waals surface area contributed by atoms with Gasteiger partial charge in [0.1, 0.15) is 5.75 Å². The molecule has 0 aliphatic carbocycles. The van der Waals surface area contributed by atoms with E-state index in [0.717, 1.165) is 18.8 Å². The molecule has 132 valence electrons. The summed E-state index contributed by atoms with van der Waals surface area (Å²) in [6.45, 7) is 7.94. The van der Waals surface area contributed by atoms with Gasteiger partial charge in [-0.05, 0) is 56.9 Å². The molecule has 0 aromatic heterocycles. The highest BCUT2D eigenvalue weighted by Gasteiger charge is 2.40. The maximum absolute atomic E-state index is 6.27. The Kier molecular flexibility index (Phi) is 4.43. The Balaban J connectivity index is 1.73. The summed E-state index contributed by atoms with van der Waals surface area (Å²) >= 11 is 0. The fourth-order valence-corrected chi connectivity index (χ4v) is 4.42. The molecule has 1 N–H and O–H groups in total. The highest BCUT2D eigenvalue weighted by molar-refractivity contribution is 5.63. The highest BCUT2D eigenvalue weighted by Crippen LogP contribution is 2.50. The summed E-state index contributed by atoms with van der Waals surface area (Å²) in [4.78, 5) is 0. The van der Waals surface area contributed by atoms with Gasteiger partial charge in [-0.2, -0.15) is 0 Å². The molecule has 2 aliphatic heterocycles. The first kappa shape index (κ1) is 16.5. The second-order valence-corrected chi connectivity index (χ2v) is 7.27. The first-order chi connectivity index (χ1) is 12.2. The summed E-state index contributed by atoms with van der Waals surface area (Å²) in [5, 5.41) is 3.84. The number of anilines is 1. The standard InChI is InChI=1S/C22H27NO2/c1-4-24-17-9-7-16(8-10-17)21-18-6-5-11-25-22(18)19-13-14(2)12-15(3)20(19)23-21/h7-10,12-13,18,21-23H,4-6,11H2,1-3H3/t18-,21+,22-/m0/s1. The lowest BCUT2D eigenvalue weighted by Crippen LogP contribution is -2.36.